The molecule has 172 valence electrons. The summed E-state index contributed by atoms with van der Waals surface area (Å²) in [4.78, 5) is 27.7. The fourth-order valence-corrected chi connectivity index (χ4v) is 4.59. The van der Waals surface area contributed by atoms with Gasteiger partial charge in [0.25, 0.3) is 0 Å². The third kappa shape index (κ3) is 7.44. The van der Waals surface area contributed by atoms with E-state index in [1.54, 1.807) is 25.2 Å². The van der Waals surface area contributed by atoms with Crippen LogP contribution in [0.3, 0.4) is 0 Å². The second-order valence-corrected chi connectivity index (χ2v) is 9.45. The second kappa shape index (κ2) is 12.6. The first-order valence-electron chi connectivity index (χ1n) is 10.6. The van der Waals surface area contributed by atoms with Gasteiger partial charge in [0.2, 0.25) is 11.8 Å². The Morgan fingerprint density at radius 2 is 1.64 bits per heavy atom. The number of carbonyl (C=O) groups is 2. The van der Waals surface area contributed by atoms with Crippen molar-refractivity contribution in [2.45, 2.75) is 24.8 Å². The molecule has 2 amide bonds. The van der Waals surface area contributed by atoms with Crippen molar-refractivity contribution in [1.29, 1.82) is 0 Å². The van der Waals surface area contributed by atoms with Gasteiger partial charge in [-0.2, -0.15) is 0 Å². The van der Waals surface area contributed by atoms with E-state index < -0.39 is 11.9 Å². The molecule has 33 heavy (non-hydrogen) atoms. The van der Waals surface area contributed by atoms with Crippen molar-refractivity contribution < 1.29 is 14.0 Å². The first kappa shape index (κ1) is 25.0. The summed E-state index contributed by atoms with van der Waals surface area (Å²) >= 11 is 4.90. The van der Waals surface area contributed by atoms with E-state index in [2.05, 4.69) is 21.2 Å². The summed E-state index contributed by atoms with van der Waals surface area (Å²) in [5.41, 5.74) is 2.41. The Balaban J connectivity index is 1.81. The number of benzene rings is 3. The van der Waals surface area contributed by atoms with Crippen LogP contribution in [-0.4, -0.2) is 35.6 Å². The van der Waals surface area contributed by atoms with Crippen molar-refractivity contribution in [3.63, 3.8) is 0 Å². The van der Waals surface area contributed by atoms with E-state index >= 15 is 0 Å². The number of halogens is 2. The molecule has 0 bridgehead atoms. The Kier molecular flexibility index (Phi) is 9.51. The number of nitrogens with one attached hydrogen (secondary N) is 1. The molecule has 0 spiro atoms. The molecule has 0 unspecified atom stereocenters. The highest BCUT2D eigenvalue weighted by molar-refractivity contribution is 9.10. The molecule has 0 aliphatic carbocycles. The number of likely N-dealkylation sites (N-methyl/N-ethyl adjacent to an activating group) is 1. The molecule has 0 saturated heterocycles. The summed E-state index contributed by atoms with van der Waals surface area (Å²) in [6, 6.07) is 23.1. The van der Waals surface area contributed by atoms with E-state index in [4.69, 9.17) is 0 Å². The summed E-state index contributed by atoms with van der Waals surface area (Å²) < 4.78 is 15.4. The van der Waals surface area contributed by atoms with Crippen LogP contribution in [0.2, 0.25) is 0 Å². The summed E-state index contributed by atoms with van der Waals surface area (Å²) in [7, 11) is 1.55. The molecule has 3 aromatic carbocycles. The zero-order chi connectivity index (χ0) is 23.6. The first-order chi connectivity index (χ1) is 16.0. The molecule has 3 aromatic rings. The number of nitrogens with zero attached hydrogens (tertiary/aromatic N) is 1. The molecule has 0 heterocycles. The van der Waals surface area contributed by atoms with Crippen LogP contribution < -0.4 is 5.32 Å². The topological polar surface area (TPSA) is 49.4 Å². The van der Waals surface area contributed by atoms with Gasteiger partial charge in [-0.25, -0.2) is 4.39 Å². The fourth-order valence-electron chi connectivity index (χ4n) is 3.45. The normalized spacial score (nSPS) is 11.6. The fraction of sp³-hybridized carbons (Fsp3) is 0.231. The highest BCUT2D eigenvalue weighted by Crippen LogP contribution is 2.20. The van der Waals surface area contributed by atoms with Crippen LogP contribution >= 0.6 is 27.7 Å². The largest absolute Gasteiger partial charge is 0.357 e. The minimum atomic E-state index is -0.752. The Bertz CT molecular complexity index is 1060. The molecule has 3 rings (SSSR count). The molecule has 1 N–H and O–H groups in total. The lowest BCUT2D eigenvalue weighted by molar-refractivity contribution is -0.139. The third-order valence-electron chi connectivity index (χ3n) is 5.22. The lowest BCUT2D eigenvalue weighted by atomic mass is 10.0. The van der Waals surface area contributed by atoms with Crippen molar-refractivity contribution in [2.75, 3.05) is 12.8 Å². The van der Waals surface area contributed by atoms with E-state index in [0.29, 0.717) is 17.7 Å². The molecular weight excluding hydrogens is 503 g/mol. The predicted octanol–water partition coefficient (Wildman–Crippen LogP) is 5.21. The Morgan fingerprint density at radius 1 is 0.970 bits per heavy atom. The van der Waals surface area contributed by atoms with Crippen LogP contribution in [0.4, 0.5) is 4.39 Å². The maximum atomic E-state index is 14.4. The highest BCUT2D eigenvalue weighted by Gasteiger charge is 2.30. The third-order valence-corrected chi connectivity index (χ3v) is 6.74. The van der Waals surface area contributed by atoms with Gasteiger partial charge in [-0.3, -0.25) is 9.59 Å². The van der Waals surface area contributed by atoms with Crippen molar-refractivity contribution in [2.24, 2.45) is 0 Å². The number of rotatable bonds is 10. The van der Waals surface area contributed by atoms with Gasteiger partial charge in [0, 0.05) is 35.8 Å². The van der Waals surface area contributed by atoms with Crippen molar-refractivity contribution in [3.05, 3.63) is 106 Å². The molecule has 0 aromatic heterocycles. The Morgan fingerprint density at radius 3 is 2.30 bits per heavy atom. The minimum absolute atomic E-state index is 0.0231. The smallest absolute Gasteiger partial charge is 0.242 e. The molecule has 7 heteroatoms. The number of carbonyl (C=O) groups excluding carboxylic acids is 2. The number of hydrogen-bond acceptors (Lipinski definition) is 3. The number of amides is 2. The minimum Gasteiger partial charge on any atom is -0.357 e. The van der Waals surface area contributed by atoms with E-state index in [1.165, 1.54) is 22.7 Å². The van der Waals surface area contributed by atoms with Gasteiger partial charge in [-0.1, -0.05) is 76.6 Å². The maximum absolute atomic E-state index is 14.4. The predicted molar refractivity (Wildman–Crippen MR) is 135 cm³/mol. The molecule has 0 aliphatic heterocycles. The van der Waals surface area contributed by atoms with Gasteiger partial charge in [0.05, 0.1) is 5.75 Å². The zero-order valence-electron chi connectivity index (χ0n) is 18.3. The average molecular weight is 529 g/mol. The summed E-state index contributed by atoms with van der Waals surface area (Å²) in [5.74, 6) is -0.0255. The van der Waals surface area contributed by atoms with Crippen molar-refractivity contribution >= 4 is 39.5 Å². The number of hydrogen-bond donors (Lipinski definition) is 1. The molecule has 0 fully saturated rings. The van der Waals surface area contributed by atoms with Gasteiger partial charge in [-0.15, -0.1) is 11.8 Å². The maximum Gasteiger partial charge on any atom is 0.242 e. The molecule has 1 atom stereocenters. The van der Waals surface area contributed by atoms with Gasteiger partial charge in [0.15, 0.2) is 0 Å². The second-order valence-electron chi connectivity index (χ2n) is 7.55. The van der Waals surface area contributed by atoms with E-state index in [9.17, 15) is 14.0 Å². The molecule has 0 radical (unpaired) electrons. The molecule has 4 nitrogen and oxygen atoms in total. The van der Waals surface area contributed by atoms with Crippen LogP contribution in [0.25, 0.3) is 0 Å². The van der Waals surface area contributed by atoms with Crippen LogP contribution in [0, 0.1) is 5.82 Å². The van der Waals surface area contributed by atoms with Crippen LogP contribution in [0.1, 0.15) is 16.7 Å². The lowest BCUT2D eigenvalue weighted by Crippen LogP contribution is -2.50. The first-order valence-corrected chi connectivity index (χ1v) is 12.5. The van der Waals surface area contributed by atoms with Crippen molar-refractivity contribution in [1.82, 2.24) is 10.2 Å². The van der Waals surface area contributed by atoms with E-state index in [0.717, 1.165) is 15.6 Å². The zero-order valence-corrected chi connectivity index (χ0v) is 20.7. The van der Waals surface area contributed by atoms with Gasteiger partial charge in [0.1, 0.15) is 11.9 Å². The van der Waals surface area contributed by atoms with Crippen LogP contribution in [-0.2, 0) is 28.3 Å². The Labute approximate surface area is 206 Å². The molecular formula is C26H26BrFN2O2S. The average Bonchev–Trinajstić information content (AvgIpc) is 2.83. The Hall–Kier alpha value is -2.64. The number of thioether (sulfide) groups is 1. The summed E-state index contributed by atoms with van der Waals surface area (Å²) in [6.07, 6.45) is 0.345. The van der Waals surface area contributed by atoms with Crippen LogP contribution in [0.15, 0.2) is 83.3 Å². The summed E-state index contributed by atoms with van der Waals surface area (Å²) in [6.45, 7) is 0.0231. The standard InChI is InChI=1S/C26H26BrFN2O2S/c1-29-26(32)24(15-19-7-3-2-4-8-19)30(16-21-9-5-6-10-23(21)28)25(31)18-33-17-20-11-13-22(27)14-12-20/h2-14,24H,15-18H2,1H3,(H,29,32)/t24-/m0/s1. The molecule has 0 saturated carbocycles. The SMILES string of the molecule is CNC(=O)[C@H](Cc1ccccc1)N(Cc1ccccc1F)C(=O)CSCc1ccc(Br)cc1. The monoisotopic (exact) mass is 528 g/mol. The van der Waals surface area contributed by atoms with E-state index in [1.807, 2.05) is 54.6 Å². The van der Waals surface area contributed by atoms with E-state index in [-0.39, 0.29) is 24.1 Å². The van der Waals surface area contributed by atoms with Gasteiger partial charge in [-0.05, 0) is 29.3 Å². The summed E-state index contributed by atoms with van der Waals surface area (Å²) in [5, 5.41) is 2.67. The van der Waals surface area contributed by atoms with Gasteiger partial charge >= 0.3 is 0 Å². The highest BCUT2D eigenvalue weighted by atomic mass is 79.9. The van der Waals surface area contributed by atoms with Gasteiger partial charge < -0.3 is 10.2 Å². The van der Waals surface area contributed by atoms with Crippen LogP contribution in [0.5, 0.6) is 0 Å². The molecule has 0 aliphatic rings. The van der Waals surface area contributed by atoms with Crippen molar-refractivity contribution in [3.8, 4) is 0 Å². The quantitative estimate of drug-likeness (QED) is 0.393. The lowest BCUT2D eigenvalue weighted by Gasteiger charge is -2.31.